The molecule has 0 aliphatic carbocycles. The van der Waals surface area contributed by atoms with Crippen molar-refractivity contribution in [1.29, 1.82) is 0 Å². The van der Waals surface area contributed by atoms with Crippen LogP contribution in [0, 0.1) is 6.92 Å². The Kier molecular flexibility index (Phi) is 6.27. The highest BCUT2D eigenvalue weighted by Gasteiger charge is 2.11. The first-order valence-corrected chi connectivity index (χ1v) is 8.30. The predicted octanol–water partition coefficient (Wildman–Crippen LogP) is 1.03. The monoisotopic (exact) mass is 286 g/mol. The maximum atomic E-state index is 11.1. The van der Waals surface area contributed by atoms with Gasteiger partial charge in [0.1, 0.15) is 15.6 Å². The Hall–Kier alpha value is -1.11. The van der Waals surface area contributed by atoms with Crippen molar-refractivity contribution in [3.05, 3.63) is 29.8 Å². The molecule has 0 amide bonds. The minimum absolute atomic E-state index is 0.0560. The zero-order valence-corrected chi connectivity index (χ0v) is 12.2. The molecule has 0 fully saturated rings. The summed E-state index contributed by atoms with van der Waals surface area (Å²) in [6.07, 6.45) is 2.39. The van der Waals surface area contributed by atoms with Crippen LogP contribution in [0.15, 0.2) is 24.3 Å². The molecule has 3 N–H and O–H groups in total. The number of hydrogen-bond acceptors (Lipinski definition) is 5. The van der Waals surface area contributed by atoms with Crippen molar-refractivity contribution in [3.8, 4) is 5.75 Å². The second kappa shape index (κ2) is 7.47. The molecule has 0 bridgehead atoms. The Bertz CT molecular complexity index is 488. The summed E-state index contributed by atoms with van der Waals surface area (Å²) in [5.74, 6) is 6.35. The number of nitrogens with two attached hydrogens (primary N) is 1. The van der Waals surface area contributed by atoms with E-state index in [2.05, 4.69) is 5.43 Å². The third-order valence-electron chi connectivity index (χ3n) is 2.80. The van der Waals surface area contributed by atoms with Crippen LogP contribution in [0.5, 0.6) is 5.75 Å². The summed E-state index contributed by atoms with van der Waals surface area (Å²) < 4.78 is 27.8. The normalized spacial score (nSPS) is 13.2. The first kappa shape index (κ1) is 15.9. The van der Waals surface area contributed by atoms with Crippen molar-refractivity contribution in [2.75, 3.05) is 18.6 Å². The van der Waals surface area contributed by atoms with E-state index in [-0.39, 0.29) is 11.8 Å². The summed E-state index contributed by atoms with van der Waals surface area (Å²) in [6.45, 7) is 2.51. The molecule has 0 saturated carbocycles. The lowest BCUT2D eigenvalue weighted by Crippen LogP contribution is -2.37. The number of nitrogens with one attached hydrogen (secondary N) is 1. The average molecular weight is 286 g/mol. The lowest BCUT2D eigenvalue weighted by molar-refractivity contribution is 0.283. The van der Waals surface area contributed by atoms with E-state index in [0.717, 1.165) is 11.3 Å². The zero-order valence-electron chi connectivity index (χ0n) is 11.4. The van der Waals surface area contributed by atoms with Crippen LogP contribution < -0.4 is 16.0 Å². The first-order valence-electron chi connectivity index (χ1n) is 6.24. The molecule has 0 saturated heterocycles. The van der Waals surface area contributed by atoms with E-state index >= 15 is 0 Å². The van der Waals surface area contributed by atoms with Crippen molar-refractivity contribution in [1.82, 2.24) is 5.43 Å². The molecule has 5 nitrogen and oxygen atoms in total. The Morgan fingerprint density at radius 2 is 2.11 bits per heavy atom. The van der Waals surface area contributed by atoms with E-state index < -0.39 is 9.84 Å². The first-order chi connectivity index (χ1) is 8.90. The van der Waals surface area contributed by atoms with Gasteiger partial charge in [-0.05, 0) is 37.5 Å². The number of hydrazine groups is 1. The van der Waals surface area contributed by atoms with Gasteiger partial charge in [-0.3, -0.25) is 11.3 Å². The van der Waals surface area contributed by atoms with Crippen LogP contribution in [0.3, 0.4) is 0 Å². The molecular formula is C13H22N2O3S. The molecule has 108 valence electrons. The second-order valence-corrected chi connectivity index (χ2v) is 7.00. The molecule has 1 unspecified atom stereocenters. The molecule has 1 aromatic rings. The highest BCUT2D eigenvalue weighted by Crippen LogP contribution is 2.13. The number of sulfone groups is 1. The summed E-state index contributed by atoms with van der Waals surface area (Å²) in [4.78, 5) is 0. The molecule has 1 atom stereocenters. The van der Waals surface area contributed by atoms with Gasteiger partial charge in [0.05, 0.1) is 12.4 Å². The van der Waals surface area contributed by atoms with Gasteiger partial charge >= 0.3 is 0 Å². The number of aryl methyl sites for hydroxylation is 1. The standard InChI is InChI=1S/C13H22N2O3S/c1-11-4-3-5-13(10-11)18-8-6-12(15-14)7-9-19(2,16)17/h3-5,10,12,15H,6-9,14H2,1-2H3. The molecule has 1 aromatic carbocycles. The van der Waals surface area contributed by atoms with Gasteiger partial charge in [-0.2, -0.15) is 0 Å². The van der Waals surface area contributed by atoms with Crippen molar-refractivity contribution in [2.24, 2.45) is 5.84 Å². The van der Waals surface area contributed by atoms with Crippen LogP contribution in [-0.4, -0.2) is 33.1 Å². The summed E-state index contributed by atoms with van der Waals surface area (Å²) in [7, 11) is -2.95. The molecule has 0 radical (unpaired) electrons. The number of hydrogen-bond donors (Lipinski definition) is 2. The summed E-state index contributed by atoms with van der Waals surface area (Å²) in [5.41, 5.74) is 3.77. The fraction of sp³-hybridized carbons (Fsp3) is 0.538. The van der Waals surface area contributed by atoms with Crippen LogP contribution in [0.1, 0.15) is 18.4 Å². The maximum absolute atomic E-state index is 11.1. The Morgan fingerprint density at radius 3 is 2.68 bits per heavy atom. The number of benzene rings is 1. The van der Waals surface area contributed by atoms with Crippen LogP contribution in [0.2, 0.25) is 0 Å². The van der Waals surface area contributed by atoms with Gasteiger partial charge in [0.2, 0.25) is 0 Å². The van der Waals surface area contributed by atoms with E-state index in [1.165, 1.54) is 6.26 Å². The molecule has 19 heavy (non-hydrogen) atoms. The summed E-state index contributed by atoms with van der Waals surface area (Å²) in [6, 6.07) is 7.74. The van der Waals surface area contributed by atoms with Gasteiger partial charge in [0.25, 0.3) is 0 Å². The fourth-order valence-electron chi connectivity index (χ4n) is 1.69. The van der Waals surface area contributed by atoms with Crippen molar-refractivity contribution in [3.63, 3.8) is 0 Å². The average Bonchev–Trinajstić information content (AvgIpc) is 2.32. The van der Waals surface area contributed by atoms with Gasteiger partial charge < -0.3 is 4.74 Å². The molecule has 0 spiro atoms. The topological polar surface area (TPSA) is 81.4 Å². The van der Waals surface area contributed by atoms with Crippen molar-refractivity contribution < 1.29 is 13.2 Å². The van der Waals surface area contributed by atoms with Gasteiger partial charge in [0.15, 0.2) is 0 Å². The van der Waals surface area contributed by atoms with Gasteiger partial charge in [-0.25, -0.2) is 8.42 Å². The third kappa shape index (κ3) is 7.15. The van der Waals surface area contributed by atoms with E-state index in [4.69, 9.17) is 10.6 Å². The van der Waals surface area contributed by atoms with E-state index in [0.29, 0.717) is 19.4 Å². The molecular weight excluding hydrogens is 264 g/mol. The van der Waals surface area contributed by atoms with Crippen LogP contribution >= 0.6 is 0 Å². The minimum atomic E-state index is -2.95. The smallest absolute Gasteiger partial charge is 0.147 e. The van der Waals surface area contributed by atoms with Gasteiger partial charge in [0, 0.05) is 12.3 Å². The Labute approximate surface area is 115 Å². The van der Waals surface area contributed by atoms with Crippen LogP contribution in [-0.2, 0) is 9.84 Å². The largest absolute Gasteiger partial charge is 0.494 e. The molecule has 0 heterocycles. The number of ether oxygens (including phenoxy) is 1. The fourth-order valence-corrected chi connectivity index (χ4v) is 2.40. The number of rotatable bonds is 8. The minimum Gasteiger partial charge on any atom is -0.494 e. The lowest BCUT2D eigenvalue weighted by Gasteiger charge is -2.15. The summed E-state index contributed by atoms with van der Waals surface area (Å²) >= 11 is 0. The van der Waals surface area contributed by atoms with Crippen LogP contribution in [0.4, 0.5) is 0 Å². The van der Waals surface area contributed by atoms with Crippen LogP contribution in [0.25, 0.3) is 0 Å². The Morgan fingerprint density at radius 1 is 1.37 bits per heavy atom. The SMILES string of the molecule is Cc1cccc(OCCC(CCS(C)(=O)=O)NN)c1. The highest BCUT2D eigenvalue weighted by molar-refractivity contribution is 7.90. The third-order valence-corrected chi connectivity index (χ3v) is 3.77. The molecule has 0 aliphatic rings. The van der Waals surface area contributed by atoms with Crippen molar-refractivity contribution in [2.45, 2.75) is 25.8 Å². The van der Waals surface area contributed by atoms with E-state index in [1.807, 2.05) is 31.2 Å². The summed E-state index contributed by atoms with van der Waals surface area (Å²) in [5, 5.41) is 0. The Balaban J connectivity index is 2.33. The lowest BCUT2D eigenvalue weighted by atomic mass is 10.2. The van der Waals surface area contributed by atoms with E-state index in [9.17, 15) is 8.42 Å². The van der Waals surface area contributed by atoms with Gasteiger partial charge in [-0.1, -0.05) is 12.1 Å². The molecule has 0 aromatic heterocycles. The second-order valence-electron chi connectivity index (χ2n) is 4.74. The molecule has 6 heteroatoms. The molecule has 0 aliphatic heterocycles. The molecule has 1 rings (SSSR count). The zero-order chi connectivity index (χ0) is 14.3. The predicted molar refractivity (Wildman–Crippen MR) is 76.7 cm³/mol. The maximum Gasteiger partial charge on any atom is 0.147 e. The van der Waals surface area contributed by atoms with Crippen molar-refractivity contribution >= 4 is 9.84 Å². The highest BCUT2D eigenvalue weighted by atomic mass is 32.2. The van der Waals surface area contributed by atoms with Gasteiger partial charge in [-0.15, -0.1) is 0 Å². The van der Waals surface area contributed by atoms with E-state index in [1.54, 1.807) is 0 Å². The quantitative estimate of drug-likeness (QED) is 0.551.